The number of halogens is 1. The molecule has 5 aromatic rings. The summed E-state index contributed by atoms with van der Waals surface area (Å²) in [6.45, 7) is 8.77. The highest BCUT2D eigenvalue weighted by atomic mass is 79.9. The number of piperazine rings is 1. The zero-order chi connectivity index (χ0) is 31.7. The molecule has 2 N–H and O–H groups in total. The molecule has 12 nitrogen and oxygen atoms in total. The van der Waals surface area contributed by atoms with E-state index in [4.69, 9.17) is 9.72 Å². The van der Waals surface area contributed by atoms with Crippen molar-refractivity contribution in [1.29, 1.82) is 0 Å². The Hall–Kier alpha value is -4.35. The largest absolute Gasteiger partial charge is 0.494 e. The van der Waals surface area contributed by atoms with Gasteiger partial charge in [0.15, 0.2) is 0 Å². The lowest BCUT2D eigenvalue weighted by Crippen LogP contribution is -2.48. The third-order valence-corrected chi connectivity index (χ3v) is 9.63. The third-order valence-electron chi connectivity index (χ3n) is 7.70. The summed E-state index contributed by atoms with van der Waals surface area (Å²) in [7, 11) is 3.05. The van der Waals surface area contributed by atoms with Gasteiger partial charge in [-0.3, -0.25) is 19.4 Å². The first-order chi connectivity index (χ1) is 21.7. The van der Waals surface area contributed by atoms with Gasteiger partial charge < -0.3 is 25.2 Å². The summed E-state index contributed by atoms with van der Waals surface area (Å²) in [5.41, 5.74) is 6.35. The summed E-state index contributed by atoms with van der Waals surface area (Å²) in [6, 6.07) is 8.06. The van der Waals surface area contributed by atoms with Gasteiger partial charge in [0, 0.05) is 98.8 Å². The quantitative estimate of drug-likeness (QED) is 0.212. The molecule has 1 saturated heterocycles. The van der Waals surface area contributed by atoms with Crippen LogP contribution in [0.4, 0.5) is 28.8 Å². The van der Waals surface area contributed by atoms with Gasteiger partial charge in [-0.15, -0.1) is 0 Å². The molecule has 1 fully saturated rings. The summed E-state index contributed by atoms with van der Waals surface area (Å²) in [5, 5.41) is 12.4. The minimum Gasteiger partial charge on any atom is -0.494 e. The Morgan fingerprint density at radius 2 is 1.78 bits per heavy atom. The minimum atomic E-state index is -0.501. The Labute approximate surface area is 271 Å². The van der Waals surface area contributed by atoms with Crippen LogP contribution in [-0.2, 0) is 11.8 Å². The molecule has 2 aromatic carbocycles. The number of nitrogens with zero attached hydrogens (tertiary/aromatic N) is 8. The van der Waals surface area contributed by atoms with Crippen LogP contribution in [0.25, 0.3) is 22.2 Å². The van der Waals surface area contributed by atoms with Crippen molar-refractivity contribution in [1.82, 2.24) is 34.6 Å². The van der Waals surface area contributed by atoms with Gasteiger partial charge in [0.1, 0.15) is 11.6 Å². The standard InChI is InChI=1S/C31H34BrN10O2P/c1-19(43)41-10-12-42(13-11-41)26-15-27(44-3)25(14-21(26)20-16-36-40(2)18-20)38-31-35-17-22(32)30(39-31)37-24-7-6-23-28(29(24)45(4)5)34-9-8-33-23/h6-9,14-18H,10-13H2,1-5H3,(H2,35,37,38,39). The van der Waals surface area contributed by atoms with Crippen LogP contribution in [0.15, 0.2) is 59.7 Å². The summed E-state index contributed by atoms with van der Waals surface area (Å²) < 4.78 is 8.37. The third kappa shape index (κ3) is 6.41. The number of aromatic nitrogens is 6. The normalized spacial score (nSPS) is 13.4. The van der Waals surface area contributed by atoms with Crippen LogP contribution in [-0.4, -0.2) is 87.1 Å². The Morgan fingerprint density at radius 1 is 1.00 bits per heavy atom. The van der Waals surface area contributed by atoms with Crippen LogP contribution >= 0.6 is 23.9 Å². The van der Waals surface area contributed by atoms with Crippen LogP contribution in [0.1, 0.15) is 6.92 Å². The maximum Gasteiger partial charge on any atom is 0.229 e. The Morgan fingerprint density at radius 3 is 2.47 bits per heavy atom. The van der Waals surface area contributed by atoms with Gasteiger partial charge >= 0.3 is 0 Å². The molecular weight excluding hydrogens is 655 g/mol. The van der Waals surface area contributed by atoms with Crippen molar-refractivity contribution in [3.8, 4) is 16.9 Å². The van der Waals surface area contributed by atoms with E-state index in [0.717, 1.165) is 43.3 Å². The highest BCUT2D eigenvalue weighted by Crippen LogP contribution is 2.41. The van der Waals surface area contributed by atoms with Crippen LogP contribution in [0, 0.1) is 0 Å². The van der Waals surface area contributed by atoms with E-state index >= 15 is 0 Å². The predicted molar refractivity (Wildman–Crippen MR) is 184 cm³/mol. The number of methoxy groups -OCH3 is 1. The zero-order valence-electron chi connectivity index (χ0n) is 25.7. The fourth-order valence-corrected chi connectivity index (χ4v) is 6.99. The van der Waals surface area contributed by atoms with E-state index in [-0.39, 0.29) is 5.91 Å². The SMILES string of the molecule is COc1cc(N2CCN(C(C)=O)CC2)c(-c2cnn(C)c2)cc1Nc1ncc(Br)c(Nc2ccc3nccnc3c2P(C)C)n1. The lowest BCUT2D eigenvalue weighted by atomic mass is 10.0. The highest BCUT2D eigenvalue weighted by molar-refractivity contribution is 9.10. The number of carbonyl (C=O) groups excluding carboxylic acids is 1. The minimum absolute atomic E-state index is 0.0957. The number of amides is 1. The van der Waals surface area contributed by atoms with Gasteiger partial charge in [0.05, 0.1) is 34.5 Å². The number of hydrogen-bond donors (Lipinski definition) is 2. The number of ether oxygens (including phenoxy) is 1. The number of rotatable bonds is 8. The molecule has 0 saturated carbocycles. The fraction of sp³-hybridized carbons (Fsp3) is 0.290. The smallest absolute Gasteiger partial charge is 0.229 e. The maximum absolute atomic E-state index is 11.9. The average Bonchev–Trinajstić information content (AvgIpc) is 3.48. The molecular formula is C31H34BrN10O2P. The predicted octanol–water partition coefficient (Wildman–Crippen LogP) is 5.11. The number of aryl methyl sites for hydroxylation is 1. The molecule has 232 valence electrons. The molecule has 6 rings (SSSR count). The van der Waals surface area contributed by atoms with E-state index < -0.39 is 7.92 Å². The number of fused-ring (bicyclic) bond motifs is 1. The molecule has 45 heavy (non-hydrogen) atoms. The van der Waals surface area contributed by atoms with Crippen molar-refractivity contribution in [2.24, 2.45) is 7.05 Å². The monoisotopic (exact) mass is 688 g/mol. The number of benzene rings is 2. The van der Waals surface area contributed by atoms with Crippen LogP contribution in [0.5, 0.6) is 5.75 Å². The van der Waals surface area contributed by atoms with Crippen molar-refractivity contribution in [2.75, 3.05) is 62.2 Å². The summed E-state index contributed by atoms with van der Waals surface area (Å²) in [6.07, 6.45) is 8.99. The first-order valence-electron chi connectivity index (χ1n) is 14.4. The van der Waals surface area contributed by atoms with E-state index in [0.29, 0.717) is 49.4 Å². The molecule has 1 amide bonds. The molecule has 0 unspecified atom stereocenters. The van der Waals surface area contributed by atoms with Gasteiger partial charge in [-0.05, 0) is 47.5 Å². The molecule has 0 radical (unpaired) electrons. The number of nitrogens with one attached hydrogen (secondary N) is 2. The molecule has 3 aromatic heterocycles. The number of carbonyl (C=O) groups is 1. The van der Waals surface area contributed by atoms with Crippen molar-refractivity contribution >= 4 is 74.9 Å². The van der Waals surface area contributed by atoms with E-state index in [9.17, 15) is 4.79 Å². The molecule has 0 spiro atoms. The van der Waals surface area contributed by atoms with E-state index in [2.05, 4.69) is 64.8 Å². The van der Waals surface area contributed by atoms with Gasteiger partial charge in [0.2, 0.25) is 11.9 Å². The Balaban J connectivity index is 1.35. The molecule has 0 bridgehead atoms. The maximum atomic E-state index is 11.9. The van der Waals surface area contributed by atoms with Crippen molar-refractivity contribution in [3.63, 3.8) is 0 Å². The molecule has 14 heteroatoms. The van der Waals surface area contributed by atoms with Gasteiger partial charge in [-0.2, -0.15) is 10.1 Å². The average molecular weight is 690 g/mol. The number of anilines is 5. The fourth-order valence-electron chi connectivity index (χ4n) is 5.49. The van der Waals surface area contributed by atoms with E-state index in [1.807, 2.05) is 48.6 Å². The van der Waals surface area contributed by atoms with E-state index in [1.54, 1.807) is 37.3 Å². The van der Waals surface area contributed by atoms with Crippen molar-refractivity contribution < 1.29 is 9.53 Å². The molecule has 1 aliphatic heterocycles. The Kier molecular flexibility index (Phi) is 8.82. The second-order valence-corrected chi connectivity index (χ2v) is 14.0. The highest BCUT2D eigenvalue weighted by Gasteiger charge is 2.24. The lowest BCUT2D eigenvalue weighted by molar-refractivity contribution is -0.129. The summed E-state index contributed by atoms with van der Waals surface area (Å²) in [4.78, 5) is 34.6. The van der Waals surface area contributed by atoms with Gasteiger partial charge in [-0.25, -0.2) is 4.98 Å². The van der Waals surface area contributed by atoms with Gasteiger partial charge in [0.25, 0.3) is 0 Å². The first kappa shape index (κ1) is 30.7. The molecule has 0 aliphatic carbocycles. The van der Waals surface area contributed by atoms with Crippen LogP contribution < -0.4 is 25.6 Å². The summed E-state index contributed by atoms with van der Waals surface area (Å²) in [5.74, 6) is 1.75. The van der Waals surface area contributed by atoms with Crippen molar-refractivity contribution in [3.05, 3.63) is 59.7 Å². The first-order valence-corrected chi connectivity index (χ1v) is 17.4. The topological polar surface area (TPSA) is 126 Å². The Bertz CT molecular complexity index is 1870. The molecule has 4 heterocycles. The zero-order valence-corrected chi connectivity index (χ0v) is 28.2. The summed E-state index contributed by atoms with van der Waals surface area (Å²) >= 11 is 3.62. The van der Waals surface area contributed by atoms with Crippen LogP contribution in [0.2, 0.25) is 0 Å². The second kappa shape index (κ2) is 12.9. The van der Waals surface area contributed by atoms with E-state index in [1.165, 1.54) is 0 Å². The molecule has 1 aliphatic rings. The van der Waals surface area contributed by atoms with Crippen molar-refractivity contribution in [2.45, 2.75) is 6.92 Å². The van der Waals surface area contributed by atoms with Crippen LogP contribution in [0.3, 0.4) is 0 Å². The molecule has 0 atom stereocenters. The number of hydrogen-bond acceptors (Lipinski definition) is 10. The second-order valence-electron chi connectivity index (χ2n) is 10.9. The van der Waals surface area contributed by atoms with Gasteiger partial charge in [-0.1, -0.05) is 7.92 Å². The lowest BCUT2D eigenvalue weighted by Gasteiger charge is -2.36.